The minimum atomic E-state index is -0.253. The quantitative estimate of drug-likeness (QED) is 0.0990. The Morgan fingerprint density at radius 2 is 1.55 bits per heavy atom. The van der Waals surface area contributed by atoms with Crippen LogP contribution in [0, 0.1) is 5.92 Å². The van der Waals surface area contributed by atoms with Crippen molar-refractivity contribution in [1.29, 1.82) is 0 Å². The van der Waals surface area contributed by atoms with Gasteiger partial charge in [0.25, 0.3) is 0 Å². The van der Waals surface area contributed by atoms with E-state index in [2.05, 4.69) is 57.4 Å². The van der Waals surface area contributed by atoms with E-state index in [1.54, 1.807) is 16.7 Å². The van der Waals surface area contributed by atoms with Gasteiger partial charge in [-0.2, -0.15) is 4.98 Å². The summed E-state index contributed by atoms with van der Waals surface area (Å²) in [4.78, 5) is 44.6. The molecule has 0 bridgehead atoms. The van der Waals surface area contributed by atoms with Gasteiger partial charge in [-0.25, -0.2) is 9.55 Å². The number of fused-ring (bicyclic) bond motifs is 2. The largest absolute Gasteiger partial charge is 0.508 e. The zero-order chi connectivity index (χ0) is 45.2. The Labute approximate surface area is 379 Å². The Bertz CT molecular complexity index is 2690. The number of benzene rings is 4. The third kappa shape index (κ3) is 9.22. The first-order chi connectivity index (χ1) is 31.5. The van der Waals surface area contributed by atoms with E-state index in [0.29, 0.717) is 94.1 Å². The van der Waals surface area contributed by atoms with E-state index in [4.69, 9.17) is 9.97 Å². The molecule has 3 aliphatic rings. The number of amides is 2. The van der Waals surface area contributed by atoms with Gasteiger partial charge in [0.2, 0.25) is 17.8 Å². The number of hydrogen-bond acceptors (Lipinski definition) is 12. The summed E-state index contributed by atoms with van der Waals surface area (Å²) < 4.78 is 1.55. The minimum Gasteiger partial charge on any atom is -0.508 e. The van der Waals surface area contributed by atoms with Crippen LogP contribution in [0.5, 0.6) is 17.5 Å². The van der Waals surface area contributed by atoms with Crippen LogP contribution in [-0.4, -0.2) is 114 Å². The molecule has 2 fully saturated rings. The van der Waals surface area contributed by atoms with E-state index >= 15 is 0 Å². The summed E-state index contributed by atoms with van der Waals surface area (Å²) >= 11 is 0. The number of carbonyl (C=O) groups excluding carboxylic acids is 2. The predicted molar refractivity (Wildman–Crippen MR) is 252 cm³/mol. The first-order valence-corrected chi connectivity index (χ1v) is 23.0. The first-order valence-electron chi connectivity index (χ1n) is 23.0. The maximum atomic E-state index is 13.6. The first kappa shape index (κ1) is 43.4. The molecule has 0 aliphatic carbocycles. The number of rotatable bonds is 12. The topological polar surface area (TPSA) is 176 Å². The van der Waals surface area contributed by atoms with Crippen molar-refractivity contribution in [2.75, 3.05) is 67.5 Å². The molecule has 9 rings (SSSR count). The van der Waals surface area contributed by atoms with E-state index in [1.165, 1.54) is 5.56 Å². The Morgan fingerprint density at radius 3 is 2.31 bits per heavy atom. The van der Waals surface area contributed by atoms with Crippen molar-refractivity contribution in [2.24, 2.45) is 5.92 Å². The molecule has 0 radical (unpaired) electrons. The van der Waals surface area contributed by atoms with Crippen LogP contribution in [-0.2, 0) is 29.0 Å². The van der Waals surface area contributed by atoms with E-state index in [9.17, 15) is 24.9 Å². The van der Waals surface area contributed by atoms with Gasteiger partial charge < -0.3 is 40.2 Å². The number of piperidine rings is 1. The molecule has 2 saturated heterocycles. The fraction of sp³-hybridized carbons (Fsp3) is 0.400. The number of hydrogen-bond donors (Lipinski definition) is 4. The number of phenolic OH excluding ortho intramolecular Hbond substituents is 2. The monoisotopic (exact) mass is 878 g/mol. The van der Waals surface area contributed by atoms with Crippen LogP contribution >= 0.6 is 0 Å². The van der Waals surface area contributed by atoms with Gasteiger partial charge >= 0.3 is 6.01 Å². The summed E-state index contributed by atoms with van der Waals surface area (Å²) in [7, 11) is 0. The molecule has 65 heavy (non-hydrogen) atoms. The number of nitrogens with one attached hydrogen (secondary N) is 1. The van der Waals surface area contributed by atoms with Crippen molar-refractivity contribution >= 4 is 40.0 Å². The SMILES string of the molecule is CCC(=O)N1CCN(c2nc(NCCC(=O)N3CCC(Cc4ccc(-n5c(O)nnc5-c5cc(C(C)C)ccc5O)cc4)CC3)nc3c2CCN(c2cc(O)cc4ccccc24)C3)CC1. The van der Waals surface area contributed by atoms with E-state index < -0.39 is 0 Å². The van der Waals surface area contributed by atoms with Gasteiger partial charge in [0, 0.05) is 87.9 Å². The molecule has 15 nitrogen and oxygen atoms in total. The molecule has 6 aromatic rings. The lowest BCUT2D eigenvalue weighted by atomic mass is 9.90. The number of carbonyl (C=O) groups is 2. The maximum absolute atomic E-state index is 13.6. The average molecular weight is 879 g/mol. The zero-order valence-electron chi connectivity index (χ0n) is 37.4. The van der Waals surface area contributed by atoms with Crippen LogP contribution in [0.3, 0.4) is 0 Å². The fourth-order valence-corrected chi connectivity index (χ4v) is 9.61. The normalized spacial score (nSPS) is 15.8. The van der Waals surface area contributed by atoms with Crippen LogP contribution in [0.1, 0.15) is 74.8 Å². The number of piperazine rings is 1. The van der Waals surface area contributed by atoms with Gasteiger partial charge in [-0.05, 0) is 84.4 Å². The van der Waals surface area contributed by atoms with Gasteiger partial charge in [0.1, 0.15) is 17.3 Å². The van der Waals surface area contributed by atoms with Crippen molar-refractivity contribution in [3.8, 4) is 34.6 Å². The smallest absolute Gasteiger partial charge is 0.319 e. The Balaban J connectivity index is 0.823. The highest BCUT2D eigenvalue weighted by molar-refractivity contribution is 5.95. The third-order valence-electron chi connectivity index (χ3n) is 13.3. The number of nitrogens with zero attached hydrogens (tertiary/aromatic N) is 9. The number of likely N-dealkylation sites (tertiary alicyclic amines) is 1. The van der Waals surface area contributed by atoms with Crippen LogP contribution < -0.4 is 15.1 Å². The molecule has 0 saturated carbocycles. The molecule has 2 amide bonds. The lowest BCUT2D eigenvalue weighted by molar-refractivity contribution is -0.132. The highest BCUT2D eigenvalue weighted by Gasteiger charge is 2.30. The van der Waals surface area contributed by atoms with Gasteiger partial charge in [0.05, 0.1) is 23.5 Å². The lowest BCUT2D eigenvalue weighted by Crippen LogP contribution is -2.49. The van der Waals surface area contributed by atoms with Crippen LogP contribution in [0.4, 0.5) is 17.5 Å². The van der Waals surface area contributed by atoms with Crippen molar-refractivity contribution < 1.29 is 24.9 Å². The highest BCUT2D eigenvalue weighted by Crippen LogP contribution is 2.37. The Hall–Kier alpha value is -6.90. The molecule has 0 atom stereocenters. The molecule has 0 unspecified atom stereocenters. The molecule has 338 valence electrons. The van der Waals surface area contributed by atoms with Crippen molar-refractivity contribution in [3.63, 3.8) is 0 Å². The van der Waals surface area contributed by atoms with Crippen molar-refractivity contribution in [1.82, 2.24) is 34.5 Å². The summed E-state index contributed by atoms with van der Waals surface area (Å²) in [6.07, 6.45) is 4.23. The number of aromatic nitrogens is 5. The van der Waals surface area contributed by atoms with Crippen molar-refractivity contribution in [3.05, 3.63) is 101 Å². The number of phenols is 2. The highest BCUT2D eigenvalue weighted by atomic mass is 16.3. The molecule has 4 aromatic carbocycles. The summed E-state index contributed by atoms with van der Waals surface area (Å²) in [5.74, 6) is 2.99. The molecule has 4 N–H and O–H groups in total. The van der Waals surface area contributed by atoms with Crippen molar-refractivity contribution in [2.45, 2.75) is 71.8 Å². The molecule has 0 spiro atoms. The standard InChI is InChI=1S/C50H58N10O5/c1-4-45(63)57-23-25-58(26-24-57)47-40-18-22-59(43-30-38(61)28-36-7-5-6-8-39(36)43)31-42(40)52-49(53-47)51-19-15-46(64)56-20-16-34(17-21-56)27-33-9-12-37(13-10-33)60-48(54-55-50(60)65)41-29-35(32(2)3)11-14-44(41)62/h5-14,28-30,32,34,61-62H,4,15-27,31H2,1-3H3,(H,55,65)(H,51,52,53). The molecule has 2 aromatic heterocycles. The van der Waals surface area contributed by atoms with Crippen LogP contribution in [0.15, 0.2) is 78.9 Å². The Kier molecular flexibility index (Phi) is 12.5. The number of anilines is 3. The summed E-state index contributed by atoms with van der Waals surface area (Å²) in [5.41, 5.74) is 6.40. The van der Waals surface area contributed by atoms with Gasteiger partial charge in [-0.15, -0.1) is 5.10 Å². The second-order valence-corrected chi connectivity index (χ2v) is 17.8. The summed E-state index contributed by atoms with van der Waals surface area (Å²) in [6, 6.07) is 24.9. The molecule has 15 heteroatoms. The van der Waals surface area contributed by atoms with Gasteiger partial charge in [0.15, 0.2) is 5.82 Å². The van der Waals surface area contributed by atoms with E-state index in [1.807, 2.05) is 65.3 Å². The predicted octanol–water partition coefficient (Wildman–Crippen LogP) is 7.02. The van der Waals surface area contributed by atoms with E-state index in [-0.39, 0.29) is 35.2 Å². The van der Waals surface area contributed by atoms with Crippen LogP contribution in [0.25, 0.3) is 27.8 Å². The lowest BCUT2D eigenvalue weighted by Gasteiger charge is -2.38. The molecule has 5 heterocycles. The zero-order valence-corrected chi connectivity index (χ0v) is 37.4. The summed E-state index contributed by atoms with van der Waals surface area (Å²) in [5, 5.41) is 45.6. The second kappa shape index (κ2) is 18.7. The fourth-order valence-electron chi connectivity index (χ4n) is 9.61. The number of aromatic hydroxyl groups is 3. The van der Waals surface area contributed by atoms with Gasteiger partial charge in [-0.1, -0.05) is 68.3 Å². The molecular formula is C50H58N10O5. The molecule has 3 aliphatic heterocycles. The Morgan fingerprint density at radius 1 is 0.800 bits per heavy atom. The van der Waals surface area contributed by atoms with E-state index in [0.717, 1.165) is 71.3 Å². The minimum absolute atomic E-state index is 0.0694. The molecular weight excluding hydrogens is 821 g/mol. The third-order valence-corrected chi connectivity index (χ3v) is 13.3. The second-order valence-electron chi connectivity index (χ2n) is 17.8. The van der Waals surface area contributed by atoms with Crippen LogP contribution in [0.2, 0.25) is 0 Å². The average Bonchev–Trinajstić information content (AvgIpc) is 3.71. The maximum Gasteiger partial charge on any atom is 0.319 e. The van der Waals surface area contributed by atoms with Gasteiger partial charge in [-0.3, -0.25) is 9.59 Å². The summed E-state index contributed by atoms with van der Waals surface area (Å²) in [6.45, 7) is 11.8.